The van der Waals surface area contributed by atoms with Gasteiger partial charge in [-0.3, -0.25) is 0 Å². The Morgan fingerprint density at radius 2 is 1.40 bits per heavy atom. The van der Waals surface area contributed by atoms with Crippen molar-refractivity contribution in [2.75, 3.05) is 18.0 Å². The number of benzene rings is 1. The van der Waals surface area contributed by atoms with Crippen molar-refractivity contribution in [1.82, 2.24) is 0 Å². The van der Waals surface area contributed by atoms with Crippen molar-refractivity contribution in [2.24, 2.45) is 0 Å². The summed E-state index contributed by atoms with van der Waals surface area (Å²) in [6.07, 6.45) is 2.43. The van der Waals surface area contributed by atoms with E-state index in [1.54, 1.807) is 0 Å². The van der Waals surface area contributed by atoms with E-state index in [9.17, 15) is 0 Å². The van der Waals surface area contributed by atoms with Gasteiger partial charge in [-0.15, -0.1) is 0 Å². The second-order valence-electron chi connectivity index (χ2n) is 3.32. The molecule has 15 heavy (non-hydrogen) atoms. The number of para-hydroxylation sites is 1. The van der Waals surface area contributed by atoms with Gasteiger partial charge in [0.1, 0.15) is 0 Å². The van der Waals surface area contributed by atoms with Crippen molar-refractivity contribution < 1.29 is 0 Å². The maximum Gasteiger partial charge on any atom is 0.0366 e. The van der Waals surface area contributed by atoms with Gasteiger partial charge in [0.25, 0.3) is 0 Å². The topological polar surface area (TPSA) is 50.8 Å². The van der Waals surface area contributed by atoms with Gasteiger partial charge in [0.05, 0.1) is 0 Å². The smallest absolute Gasteiger partial charge is 0.0366 e. The van der Waals surface area contributed by atoms with Crippen LogP contribution in [0.15, 0.2) is 30.3 Å². The molecule has 0 aliphatic rings. The molecular weight excluding hydrogens is 186 g/mol. The number of anilines is 1. The molecule has 0 amide bonds. The van der Waals surface area contributed by atoms with Gasteiger partial charge in [0, 0.05) is 29.6 Å². The fourth-order valence-corrected chi connectivity index (χ4v) is 1.55. The van der Waals surface area contributed by atoms with Gasteiger partial charge < -0.3 is 4.90 Å². The van der Waals surface area contributed by atoms with Crippen LogP contribution in [0, 0.1) is 10.8 Å². The first kappa shape index (κ1) is 13.4. The average Bonchev–Trinajstić information content (AvgIpc) is 2.33. The number of rotatable bonds is 5. The van der Waals surface area contributed by atoms with Crippen LogP contribution in [0.2, 0.25) is 0 Å². The number of nitrogens with zero attached hydrogens (tertiary/aromatic N) is 3. The van der Waals surface area contributed by atoms with Crippen LogP contribution >= 0.6 is 0 Å². The summed E-state index contributed by atoms with van der Waals surface area (Å²) in [6, 6.07) is 10.7. The van der Waals surface area contributed by atoms with Crippen molar-refractivity contribution in [3.63, 3.8) is 0 Å². The minimum atomic E-state index is 1.16. The first-order valence-corrected chi connectivity index (χ1v) is 5.38. The Morgan fingerprint density at radius 1 is 0.933 bits per heavy atom. The Bertz CT molecular complexity index is 250. The highest BCUT2D eigenvalue weighted by Crippen LogP contribution is 2.13. The summed E-state index contributed by atoms with van der Waals surface area (Å²) in [5.41, 5.74) is 1.35. The Hall–Kier alpha value is -1.56. The molecule has 0 saturated carbocycles. The first-order valence-electron chi connectivity index (χ1n) is 5.38. The molecular formula is C12H19N3. The van der Waals surface area contributed by atoms with E-state index in [2.05, 4.69) is 49.1 Å². The quantitative estimate of drug-likeness (QED) is 0.693. The standard InChI is InChI=1S/C12H19N.N2/c1-3-10-13(11-4-2)12-8-6-5-7-9-12;1-2/h5-9H,3-4,10-11H2,1-2H3;. The van der Waals surface area contributed by atoms with Crippen molar-refractivity contribution in [3.8, 4) is 0 Å². The summed E-state index contributed by atoms with van der Waals surface area (Å²) >= 11 is 0. The van der Waals surface area contributed by atoms with E-state index in [1.165, 1.54) is 18.5 Å². The Balaban J connectivity index is 0.000000921. The van der Waals surface area contributed by atoms with Gasteiger partial charge in [0.2, 0.25) is 0 Å². The van der Waals surface area contributed by atoms with Crippen LogP contribution in [-0.4, -0.2) is 13.1 Å². The van der Waals surface area contributed by atoms with Crippen LogP contribution in [0.3, 0.4) is 0 Å². The zero-order valence-corrected chi connectivity index (χ0v) is 9.56. The summed E-state index contributed by atoms with van der Waals surface area (Å²) in [5, 5.41) is 12.0. The van der Waals surface area contributed by atoms with Gasteiger partial charge in [-0.25, -0.2) is 0 Å². The lowest BCUT2D eigenvalue weighted by Gasteiger charge is -2.23. The highest BCUT2D eigenvalue weighted by atomic mass is 15.1. The molecule has 0 aliphatic carbocycles. The van der Waals surface area contributed by atoms with Gasteiger partial charge >= 0.3 is 0 Å². The molecule has 0 heterocycles. The van der Waals surface area contributed by atoms with E-state index in [0.717, 1.165) is 13.1 Å². The van der Waals surface area contributed by atoms with Gasteiger partial charge in [-0.2, -0.15) is 0 Å². The normalized spacial score (nSPS) is 8.80. The van der Waals surface area contributed by atoms with Gasteiger partial charge in [0.15, 0.2) is 0 Å². The number of hydrogen-bond acceptors (Lipinski definition) is 3. The minimum absolute atomic E-state index is 1.16. The second kappa shape index (κ2) is 9.01. The SMILES string of the molecule is CCCN(CCC)c1ccccc1.N#N. The lowest BCUT2D eigenvalue weighted by atomic mass is 10.2. The highest BCUT2D eigenvalue weighted by Gasteiger charge is 2.01. The molecule has 0 unspecified atom stereocenters. The van der Waals surface area contributed by atoms with Crippen LogP contribution in [-0.2, 0) is 0 Å². The molecule has 82 valence electrons. The van der Waals surface area contributed by atoms with E-state index in [0.29, 0.717) is 0 Å². The molecule has 1 aromatic rings. The third kappa shape index (κ3) is 5.02. The number of hydrogen-bond donors (Lipinski definition) is 0. The van der Waals surface area contributed by atoms with Crippen LogP contribution in [0.1, 0.15) is 26.7 Å². The van der Waals surface area contributed by atoms with Crippen LogP contribution in [0.25, 0.3) is 0 Å². The van der Waals surface area contributed by atoms with Crippen molar-refractivity contribution >= 4 is 5.69 Å². The Kier molecular flexibility index (Phi) is 8.08. The fourth-order valence-electron chi connectivity index (χ4n) is 1.55. The summed E-state index contributed by atoms with van der Waals surface area (Å²) in [6.45, 7) is 6.78. The van der Waals surface area contributed by atoms with E-state index >= 15 is 0 Å². The molecule has 0 aliphatic heterocycles. The molecule has 0 fully saturated rings. The summed E-state index contributed by atoms with van der Waals surface area (Å²) in [4.78, 5) is 2.44. The van der Waals surface area contributed by atoms with Crippen molar-refractivity contribution in [1.29, 1.82) is 10.8 Å². The van der Waals surface area contributed by atoms with Crippen molar-refractivity contribution in [3.05, 3.63) is 30.3 Å². The molecule has 0 spiro atoms. The zero-order valence-electron chi connectivity index (χ0n) is 9.56. The molecule has 0 N–H and O–H groups in total. The summed E-state index contributed by atoms with van der Waals surface area (Å²) < 4.78 is 0. The van der Waals surface area contributed by atoms with Crippen LogP contribution in [0.5, 0.6) is 0 Å². The maximum absolute atomic E-state index is 6.00. The van der Waals surface area contributed by atoms with Crippen molar-refractivity contribution in [2.45, 2.75) is 26.7 Å². The third-order valence-electron chi connectivity index (χ3n) is 2.11. The minimum Gasteiger partial charge on any atom is -0.372 e. The van der Waals surface area contributed by atoms with Crippen LogP contribution in [0.4, 0.5) is 5.69 Å². The van der Waals surface area contributed by atoms with Crippen LogP contribution < -0.4 is 4.90 Å². The molecule has 3 heteroatoms. The second-order valence-corrected chi connectivity index (χ2v) is 3.32. The zero-order chi connectivity index (χ0) is 11.5. The fraction of sp³-hybridized carbons (Fsp3) is 0.500. The van der Waals surface area contributed by atoms with E-state index in [-0.39, 0.29) is 0 Å². The van der Waals surface area contributed by atoms with Gasteiger partial charge in [-0.1, -0.05) is 32.0 Å². The Labute approximate surface area is 92.1 Å². The summed E-state index contributed by atoms with van der Waals surface area (Å²) in [7, 11) is 0. The molecule has 0 bridgehead atoms. The predicted molar refractivity (Wildman–Crippen MR) is 62.7 cm³/mol. The largest absolute Gasteiger partial charge is 0.372 e. The molecule has 3 nitrogen and oxygen atoms in total. The first-order chi connectivity index (χ1) is 7.38. The molecule has 0 aromatic heterocycles. The monoisotopic (exact) mass is 205 g/mol. The van der Waals surface area contributed by atoms with Gasteiger partial charge in [-0.05, 0) is 25.0 Å². The van der Waals surface area contributed by atoms with E-state index < -0.39 is 0 Å². The highest BCUT2D eigenvalue weighted by molar-refractivity contribution is 5.45. The predicted octanol–water partition coefficient (Wildman–Crippen LogP) is 3.34. The third-order valence-corrected chi connectivity index (χ3v) is 2.11. The van der Waals surface area contributed by atoms with E-state index in [1.807, 2.05) is 0 Å². The molecule has 0 saturated heterocycles. The lowest BCUT2D eigenvalue weighted by Crippen LogP contribution is -2.24. The average molecular weight is 205 g/mol. The lowest BCUT2D eigenvalue weighted by molar-refractivity contribution is 0.745. The maximum atomic E-state index is 6.00. The van der Waals surface area contributed by atoms with E-state index in [4.69, 9.17) is 10.8 Å². The molecule has 1 rings (SSSR count). The molecule has 0 radical (unpaired) electrons. The summed E-state index contributed by atoms with van der Waals surface area (Å²) in [5.74, 6) is 0. The Morgan fingerprint density at radius 3 is 1.80 bits per heavy atom. The molecule has 0 atom stereocenters. The molecule has 1 aromatic carbocycles.